The minimum Gasteiger partial charge on any atom is -0.364 e. The van der Waals surface area contributed by atoms with Gasteiger partial charge in [-0.2, -0.15) is 5.10 Å². The molecule has 2 amide bonds. The van der Waals surface area contributed by atoms with Gasteiger partial charge in [0.1, 0.15) is 5.82 Å². The molecule has 3 aromatic rings. The van der Waals surface area contributed by atoms with Crippen molar-refractivity contribution in [2.45, 2.75) is 45.2 Å². The van der Waals surface area contributed by atoms with Crippen molar-refractivity contribution < 1.29 is 14.0 Å². The Labute approximate surface area is 205 Å². The molecule has 2 N–H and O–H groups in total. The molecule has 1 aromatic heterocycles. The van der Waals surface area contributed by atoms with Gasteiger partial charge < -0.3 is 15.5 Å². The standard InChI is InChI=1S/C27H32FN5O2/c1-16(2)33-25-17(3)15-32(21-11-9-19(10-12-21)27(35)31(4)5)22(23(25)24(30-33)26(29)34)14-18-7-6-8-20(28)13-18/h6-13,16-17,22H,14-15H2,1-5H3,(H2,29,34). The maximum atomic E-state index is 14.1. The minimum absolute atomic E-state index is 0.0528. The van der Waals surface area contributed by atoms with Gasteiger partial charge in [0.25, 0.3) is 11.8 Å². The van der Waals surface area contributed by atoms with Gasteiger partial charge in [-0.3, -0.25) is 14.3 Å². The number of rotatable bonds is 6. The van der Waals surface area contributed by atoms with E-state index >= 15 is 0 Å². The Hall–Kier alpha value is -3.68. The van der Waals surface area contributed by atoms with Gasteiger partial charge in [0, 0.05) is 55.1 Å². The van der Waals surface area contributed by atoms with Gasteiger partial charge in [0.2, 0.25) is 0 Å². The molecule has 0 saturated heterocycles. The lowest BCUT2D eigenvalue weighted by Crippen LogP contribution is -2.40. The average molecular weight is 478 g/mol. The number of halogens is 1. The number of carbonyl (C=O) groups excluding carboxylic acids is 2. The van der Waals surface area contributed by atoms with Crippen LogP contribution in [0.3, 0.4) is 0 Å². The van der Waals surface area contributed by atoms with Crippen LogP contribution in [-0.4, -0.2) is 47.1 Å². The van der Waals surface area contributed by atoms with Crippen LogP contribution in [0.2, 0.25) is 0 Å². The first kappa shape index (κ1) is 24.4. The normalized spacial score (nSPS) is 17.4. The number of fused-ring (bicyclic) bond motifs is 1. The highest BCUT2D eigenvalue weighted by molar-refractivity contribution is 5.94. The number of hydrogen-bond donors (Lipinski definition) is 1. The molecule has 0 spiro atoms. The van der Waals surface area contributed by atoms with Gasteiger partial charge in [0.15, 0.2) is 5.69 Å². The highest BCUT2D eigenvalue weighted by atomic mass is 19.1. The fourth-order valence-corrected chi connectivity index (χ4v) is 4.96. The number of benzene rings is 2. The quantitative estimate of drug-likeness (QED) is 0.573. The third-order valence-corrected chi connectivity index (χ3v) is 6.53. The monoisotopic (exact) mass is 477 g/mol. The summed E-state index contributed by atoms with van der Waals surface area (Å²) in [4.78, 5) is 28.7. The molecule has 4 rings (SSSR count). The zero-order valence-electron chi connectivity index (χ0n) is 20.8. The number of anilines is 1. The number of nitrogens with two attached hydrogens (primary N) is 1. The highest BCUT2D eigenvalue weighted by Gasteiger charge is 2.39. The van der Waals surface area contributed by atoms with Crippen LogP contribution in [0.1, 0.15) is 76.4 Å². The molecular weight excluding hydrogens is 445 g/mol. The maximum absolute atomic E-state index is 14.1. The molecule has 184 valence electrons. The summed E-state index contributed by atoms with van der Waals surface area (Å²) in [6.07, 6.45) is 0.472. The van der Waals surface area contributed by atoms with E-state index in [-0.39, 0.29) is 35.4 Å². The van der Waals surface area contributed by atoms with Crippen molar-refractivity contribution in [3.63, 3.8) is 0 Å². The van der Waals surface area contributed by atoms with Crippen molar-refractivity contribution in [2.75, 3.05) is 25.5 Å². The molecule has 8 heteroatoms. The Morgan fingerprint density at radius 3 is 2.43 bits per heavy atom. The SMILES string of the molecule is CC1CN(c2ccc(C(=O)N(C)C)cc2)C(Cc2cccc(F)c2)c2c(C(N)=O)nn(C(C)C)c21. The lowest BCUT2D eigenvalue weighted by molar-refractivity contribution is 0.0827. The molecule has 7 nitrogen and oxygen atoms in total. The first-order valence-corrected chi connectivity index (χ1v) is 11.8. The molecule has 2 unspecified atom stereocenters. The van der Waals surface area contributed by atoms with E-state index in [1.165, 1.54) is 17.0 Å². The van der Waals surface area contributed by atoms with Crippen LogP contribution in [0.5, 0.6) is 0 Å². The molecule has 0 fully saturated rings. The topological polar surface area (TPSA) is 84.5 Å². The summed E-state index contributed by atoms with van der Waals surface area (Å²) < 4.78 is 16.0. The second-order valence-electron chi connectivity index (χ2n) is 9.70. The Bertz CT molecular complexity index is 1250. The number of aromatic nitrogens is 2. The van der Waals surface area contributed by atoms with E-state index < -0.39 is 5.91 Å². The van der Waals surface area contributed by atoms with E-state index in [0.717, 1.165) is 22.5 Å². The van der Waals surface area contributed by atoms with E-state index in [2.05, 4.69) is 16.9 Å². The highest BCUT2D eigenvalue weighted by Crippen LogP contribution is 2.43. The Kier molecular flexibility index (Phi) is 6.65. The summed E-state index contributed by atoms with van der Waals surface area (Å²) in [5.74, 6) is -0.889. The van der Waals surface area contributed by atoms with E-state index in [9.17, 15) is 14.0 Å². The lowest BCUT2D eigenvalue weighted by atomic mass is 9.85. The number of nitrogens with zero attached hydrogens (tertiary/aromatic N) is 4. The molecule has 0 saturated carbocycles. The van der Waals surface area contributed by atoms with Crippen molar-refractivity contribution in [1.82, 2.24) is 14.7 Å². The molecule has 2 aromatic carbocycles. The number of amides is 2. The van der Waals surface area contributed by atoms with Crippen molar-refractivity contribution in [2.24, 2.45) is 5.73 Å². The molecule has 0 aliphatic carbocycles. The van der Waals surface area contributed by atoms with Gasteiger partial charge in [-0.15, -0.1) is 0 Å². The zero-order valence-corrected chi connectivity index (χ0v) is 20.8. The summed E-state index contributed by atoms with van der Waals surface area (Å²) >= 11 is 0. The van der Waals surface area contributed by atoms with E-state index in [1.54, 1.807) is 20.2 Å². The molecule has 2 atom stereocenters. The fraction of sp³-hybridized carbons (Fsp3) is 0.370. The second-order valence-corrected chi connectivity index (χ2v) is 9.70. The number of primary amides is 1. The largest absolute Gasteiger partial charge is 0.364 e. The lowest BCUT2D eigenvalue weighted by Gasteiger charge is -2.41. The molecule has 0 bridgehead atoms. The van der Waals surface area contributed by atoms with Crippen LogP contribution in [0, 0.1) is 5.82 Å². The third kappa shape index (κ3) is 4.65. The van der Waals surface area contributed by atoms with E-state index in [4.69, 9.17) is 5.73 Å². The van der Waals surface area contributed by atoms with Crippen LogP contribution in [0.25, 0.3) is 0 Å². The fourth-order valence-electron chi connectivity index (χ4n) is 4.96. The molecular formula is C27H32FN5O2. The zero-order chi connectivity index (χ0) is 25.4. The molecule has 1 aliphatic heterocycles. The number of carbonyl (C=O) groups is 2. The Balaban J connectivity index is 1.86. The molecule has 2 heterocycles. The Morgan fingerprint density at radius 1 is 1.17 bits per heavy atom. The molecule has 1 aliphatic rings. The summed E-state index contributed by atoms with van der Waals surface area (Å²) in [6.45, 7) is 6.84. The van der Waals surface area contributed by atoms with Gasteiger partial charge in [-0.25, -0.2) is 4.39 Å². The van der Waals surface area contributed by atoms with E-state index in [0.29, 0.717) is 18.5 Å². The molecule has 0 radical (unpaired) electrons. The summed E-state index contributed by atoms with van der Waals surface area (Å²) in [7, 11) is 3.44. The predicted octanol–water partition coefficient (Wildman–Crippen LogP) is 4.31. The predicted molar refractivity (Wildman–Crippen MR) is 134 cm³/mol. The van der Waals surface area contributed by atoms with Crippen molar-refractivity contribution in [3.8, 4) is 0 Å². The molecule has 35 heavy (non-hydrogen) atoms. The third-order valence-electron chi connectivity index (χ3n) is 6.53. The van der Waals surface area contributed by atoms with E-state index in [1.807, 2.05) is 48.9 Å². The van der Waals surface area contributed by atoms with Crippen LogP contribution in [0.4, 0.5) is 10.1 Å². The summed E-state index contributed by atoms with van der Waals surface area (Å²) in [5, 5.41) is 4.63. The summed E-state index contributed by atoms with van der Waals surface area (Å²) in [5.41, 5.74) is 10.2. The van der Waals surface area contributed by atoms with Crippen LogP contribution >= 0.6 is 0 Å². The van der Waals surface area contributed by atoms with Gasteiger partial charge in [-0.05, 0) is 62.2 Å². The first-order chi connectivity index (χ1) is 16.6. The van der Waals surface area contributed by atoms with Crippen LogP contribution < -0.4 is 10.6 Å². The van der Waals surface area contributed by atoms with Crippen molar-refractivity contribution >= 4 is 17.5 Å². The Morgan fingerprint density at radius 2 is 1.86 bits per heavy atom. The van der Waals surface area contributed by atoms with Gasteiger partial charge >= 0.3 is 0 Å². The smallest absolute Gasteiger partial charge is 0.269 e. The van der Waals surface area contributed by atoms with Gasteiger partial charge in [0.05, 0.1) is 6.04 Å². The first-order valence-electron chi connectivity index (χ1n) is 11.8. The minimum atomic E-state index is -0.578. The average Bonchev–Trinajstić information content (AvgIpc) is 3.23. The van der Waals surface area contributed by atoms with Crippen molar-refractivity contribution in [3.05, 3.63) is 82.4 Å². The van der Waals surface area contributed by atoms with Crippen molar-refractivity contribution in [1.29, 1.82) is 0 Å². The van der Waals surface area contributed by atoms with Gasteiger partial charge in [-0.1, -0.05) is 19.1 Å². The van der Waals surface area contributed by atoms with Crippen LogP contribution in [0.15, 0.2) is 48.5 Å². The second kappa shape index (κ2) is 9.52. The maximum Gasteiger partial charge on any atom is 0.269 e. The number of hydrogen-bond acceptors (Lipinski definition) is 4. The van der Waals surface area contributed by atoms with Crippen LogP contribution in [-0.2, 0) is 6.42 Å². The summed E-state index contributed by atoms with van der Waals surface area (Å²) in [6, 6.07) is 13.7.